The molecule has 2 nitrogen and oxygen atoms in total. The fourth-order valence-electron chi connectivity index (χ4n) is 1.01. The molecule has 1 aromatic rings. The van der Waals surface area contributed by atoms with Crippen LogP contribution in [0.15, 0.2) is 41.0 Å². The average Bonchev–Trinajstić information content (AvgIpc) is 2.28. The molecule has 0 fully saturated rings. The van der Waals surface area contributed by atoms with Crippen LogP contribution in [0.4, 0.5) is 0 Å². The lowest BCUT2D eigenvalue weighted by Crippen LogP contribution is -1.82. The highest BCUT2D eigenvalue weighted by Crippen LogP contribution is 2.12. The van der Waals surface area contributed by atoms with Gasteiger partial charge in [-0.2, -0.15) is 10.3 Å². The highest BCUT2D eigenvalue weighted by atomic mass is 32.2. The van der Waals surface area contributed by atoms with E-state index >= 15 is 0 Å². The van der Waals surface area contributed by atoms with Crippen molar-refractivity contribution in [2.24, 2.45) is 4.99 Å². The fraction of sp³-hybridized carbons (Fsp3) is 0.0909. The van der Waals surface area contributed by atoms with Gasteiger partial charge in [0.15, 0.2) is 0 Å². The second-order valence-corrected chi connectivity index (χ2v) is 3.57. The predicted octanol–water partition coefficient (Wildman–Crippen LogP) is 3.34. The molecule has 0 atom stereocenters. The largest absolute Gasteiger partial charge is 0.198 e. The molecule has 0 N–H and O–H groups in total. The monoisotopic (exact) mass is 232 g/mol. The smallest absolute Gasteiger partial charge is 0.133 e. The van der Waals surface area contributed by atoms with E-state index in [1.165, 1.54) is 0 Å². The van der Waals surface area contributed by atoms with Gasteiger partial charge in [0, 0.05) is 0 Å². The van der Waals surface area contributed by atoms with Gasteiger partial charge in [-0.15, -0.1) is 0 Å². The van der Waals surface area contributed by atoms with Crippen molar-refractivity contribution in [3.63, 3.8) is 0 Å². The van der Waals surface area contributed by atoms with E-state index in [1.807, 2.05) is 41.8 Å². The number of thiocyanates is 1. The van der Waals surface area contributed by atoms with Crippen molar-refractivity contribution in [2.75, 3.05) is 5.75 Å². The van der Waals surface area contributed by atoms with Crippen LogP contribution < -0.4 is 0 Å². The maximum atomic E-state index is 8.45. The van der Waals surface area contributed by atoms with Crippen molar-refractivity contribution in [1.82, 2.24) is 0 Å². The van der Waals surface area contributed by atoms with Crippen LogP contribution in [-0.2, 0) is 0 Å². The molecule has 0 aliphatic rings. The minimum absolute atomic E-state index is 0.523. The predicted molar refractivity (Wildman–Crippen MR) is 67.5 cm³/mol. The zero-order valence-electron chi connectivity index (χ0n) is 7.88. The van der Waals surface area contributed by atoms with Crippen LogP contribution in [0.1, 0.15) is 5.56 Å². The summed E-state index contributed by atoms with van der Waals surface area (Å²) in [6, 6.07) is 9.78. The Labute approximate surface area is 98.3 Å². The van der Waals surface area contributed by atoms with Crippen molar-refractivity contribution in [3.8, 4) is 5.40 Å². The van der Waals surface area contributed by atoms with E-state index in [9.17, 15) is 0 Å². The van der Waals surface area contributed by atoms with Gasteiger partial charge in [-0.25, -0.2) is 0 Å². The van der Waals surface area contributed by atoms with E-state index in [-0.39, 0.29) is 0 Å². The summed E-state index contributed by atoms with van der Waals surface area (Å²) in [6.07, 6.45) is 1.89. The Kier molecular flexibility index (Phi) is 5.42. The number of hydrogen-bond donors (Lipinski definition) is 0. The van der Waals surface area contributed by atoms with Crippen LogP contribution in [-0.4, -0.2) is 10.9 Å². The first kappa shape index (κ1) is 11.7. The maximum absolute atomic E-state index is 8.45. The molecule has 0 amide bonds. The minimum Gasteiger partial charge on any atom is -0.198 e. The molecule has 74 valence electrons. The van der Waals surface area contributed by atoms with E-state index in [0.29, 0.717) is 5.75 Å². The Hall–Kier alpha value is -1.40. The summed E-state index contributed by atoms with van der Waals surface area (Å²) in [5.74, 6) is 0.523. The van der Waals surface area contributed by atoms with Crippen LogP contribution in [0, 0.1) is 10.7 Å². The molecule has 0 heterocycles. The van der Waals surface area contributed by atoms with Crippen molar-refractivity contribution >= 4 is 35.2 Å². The number of nitriles is 1. The first-order chi connectivity index (χ1) is 7.36. The third-order valence-electron chi connectivity index (χ3n) is 1.61. The van der Waals surface area contributed by atoms with Gasteiger partial charge < -0.3 is 0 Å². The Balaban J connectivity index is 2.84. The first-order valence-electron chi connectivity index (χ1n) is 4.21. The average molecular weight is 232 g/mol. The summed E-state index contributed by atoms with van der Waals surface area (Å²) in [5.41, 5.74) is 1.79. The zero-order chi connectivity index (χ0) is 10.9. The van der Waals surface area contributed by atoms with Crippen molar-refractivity contribution in [2.45, 2.75) is 0 Å². The molecule has 0 radical (unpaired) electrons. The molecule has 0 saturated heterocycles. The topological polar surface area (TPSA) is 36.1 Å². The highest BCUT2D eigenvalue weighted by Gasteiger charge is 1.95. The number of aliphatic imine (C=N–C) groups is 1. The van der Waals surface area contributed by atoms with Crippen LogP contribution in [0.2, 0.25) is 0 Å². The quantitative estimate of drug-likeness (QED) is 0.454. The standard InChI is InChI=1S/C11H8N2S2/c12-8-15-7-11(13-9-14)6-10-4-2-1-3-5-10/h1-6H,7H2/b11-6-. The van der Waals surface area contributed by atoms with E-state index in [4.69, 9.17) is 5.26 Å². The number of thioether (sulfide) groups is 1. The third-order valence-corrected chi connectivity index (χ3v) is 2.27. The summed E-state index contributed by atoms with van der Waals surface area (Å²) in [7, 11) is 0. The fourth-order valence-corrected chi connectivity index (χ4v) is 1.49. The Bertz CT molecular complexity index is 426. The summed E-state index contributed by atoms with van der Waals surface area (Å²) in [5, 5.41) is 12.8. The van der Waals surface area contributed by atoms with E-state index < -0.39 is 0 Å². The van der Waals surface area contributed by atoms with Crippen molar-refractivity contribution < 1.29 is 0 Å². The molecule has 1 aromatic carbocycles. The second kappa shape index (κ2) is 6.97. The molecule has 0 spiro atoms. The van der Waals surface area contributed by atoms with E-state index in [1.54, 1.807) is 0 Å². The molecule has 0 unspecified atom stereocenters. The lowest BCUT2D eigenvalue weighted by molar-refractivity contribution is 1.37. The number of isothiocyanates is 1. The molecular formula is C11H8N2S2. The molecule has 0 bridgehead atoms. The Morgan fingerprint density at radius 2 is 2.20 bits per heavy atom. The molecule has 0 saturated carbocycles. The summed E-state index contributed by atoms with van der Waals surface area (Å²) < 4.78 is 0. The van der Waals surface area contributed by atoms with Crippen LogP contribution in [0.3, 0.4) is 0 Å². The summed E-state index contributed by atoms with van der Waals surface area (Å²) >= 11 is 5.68. The van der Waals surface area contributed by atoms with Gasteiger partial charge in [0.25, 0.3) is 0 Å². The molecule has 0 aliphatic carbocycles. The van der Waals surface area contributed by atoms with Gasteiger partial charge in [0.1, 0.15) is 5.40 Å². The maximum Gasteiger partial charge on any atom is 0.133 e. The first-order valence-corrected chi connectivity index (χ1v) is 5.60. The summed E-state index contributed by atoms with van der Waals surface area (Å²) in [6.45, 7) is 0. The molecule has 4 heteroatoms. The van der Waals surface area contributed by atoms with Gasteiger partial charge in [-0.1, -0.05) is 30.3 Å². The molecular weight excluding hydrogens is 224 g/mol. The molecule has 1 rings (SSSR count). The second-order valence-electron chi connectivity index (χ2n) is 2.63. The van der Waals surface area contributed by atoms with E-state index in [2.05, 4.69) is 22.4 Å². The van der Waals surface area contributed by atoms with Crippen LogP contribution in [0.25, 0.3) is 6.08 Å². The lowest BCUT2D eigenvalue weighted by atomic mass is 10.2. The van der Waals surface area contributed by atoms with Gasteiger partial charge >= 0.3 is 0 Å². The molecule has 0 aliphatic heterocycles. The zero-order valence-corrected chi connectivity index (χ0v) is 9.52. The van der Waals surface area contributed by atoms with Crippen LogP contribution >= 0.6 is 24.0 Å². The Morgan fingerprint density at radius 3 is 2.80 bits per heavy atom. The van der Waals surface area contributed by atoms with Gasteiger partial charge in [0.05, 0.1) is 16.6 Å². The molecule has 15 heavy (non-hydrogen) atoms. The van der Waals surface area contributed by atoms with E-state index in [0.717, 1.165) is 23.0 Å². The third kappa shape index (κ3) is 4.57. The molecule has 0 aromatic heterocycles. The van der Waals surface area contributed by atoms with Gasteiger partial charge in [-0.05, 0) is 35.6 Å². The number of nitrogens with zero attached hydrogens (tertiary/aromatic N) is 2. The van der Waals surface area contributed by atoms with Crippen LogP contribution in [0.5, 0.6) is 0 Å². The van der Waals surface area contributed by atoms with Crippen molar-refractivity contribution in [3.05, 3.63) is 41.6 Å². The van der Waals surface area contributed by atoms with Gasteiger partial charge in [-0.3, -0.25) is 0 Å². The van der Waals surface area contributed by atoms with Gasteiger partial charge in [0.2, 0.25) is 0 Å². The SMILES string of the molecule is N#CSC/C(=C/c1ccccc1)N=C=S. The number of benzene rings is 1. The lowest BCUT2D eigenvalue weighted by Gasteiger charge is -1.96. The number of rotatable bonds is 4. The van der Waals surface area contributed by atoms with Crippen molar-refractivity contribution in [1.29, 1.82) is 5.26 Å². The minimum atomic E-state index is 0.523. The summed E-state index contributed by atoms with van der Waals surface area (Å²) in [4.78, 5) is 3.91. The number of thiocarbonyl (C=S) groups is 1. The highest BCUT2D eigenvalue weighted by molar-refractivity contribution is 8.03. The normalized spacial score (nSPS) is 10.2. The number of hydrogen-bond acceptors (Lipinski definition) is 4. The Morgan fingerprint density at radius 1 is 1.47 bits per heavy atom.